The van der Waals surface area contributed by atoms with Crippen LogP contribution in [-0.4, -0.2) is 10.9 Å². The number of carbonyl (C=O) groups is 1. The molecule has 0 fully saturated rings. The Morgan fingerprint density at radius 2 is 1.77 bits per heavy atom. The third-order valence-electron chi connectivity index (χ3n) is 3.53. The molecule has 1 amide bonds. The van der Waals surface area contributed by atoms with E-state index in [0.29, 0.717) is 44.4 Å². The van der Waals surface area contributed by atoms with E-state index in [0.717, 1.165) is 0 Å². The number of aromatic nitrogens is 1. The normalized spacial score (nSPS) is 10.8. The van der Waals surface area contributed by atoms with Gasteiger partial charge in [0, 0.05) is 18.4 Å². The summed E-state index contributed by atoms with van der Waals surface area (Å²) >= 11 is 17.8. The molecule has 2 aromatic carbocycles. The molecule has 0 bridgehead atoms. The summed E-state index contributed by atoms with van der Waals surface area (Å²) < 4.78 is 18.5. The molecule has 26 heavy (non-hydrogen) atoms. The van der Waals surface area contributed by atoms with Gasteiger partial charge in [0.15, 0.2) is 11.7 Å². The van der Waals surface area contributed by atoms with Gasteiger partial charge in [0.25, 0.3) is 0 Å². The Balaban J connectivity index is 1.60. The molecular formula is C18H12Cl3FN2O2. The third kappa shape index (κ3) is 4.55. The minimum atomic E-state index is -0.328. The van der Waals surface area contributed by atoms with Crippen LogP contribution in [0.15, 0.2) is 47.0 Å². The molecule has 8 heteroatoms. The van der Waals surface area contributed by atoms with Gasteiger partial charge in [-0.2, -0.15) is 0 Å². The fraction of sp³-hybridized carbons (Fsp3) is 0.111. The fourth-order valence-corrected chi connectivity index (χ4v) is 2.82. The van der Waals surface area contributed by atoms with Crippen LogP contribution in [0.4, 0.5) is 10.1 Å². The highest BCUT2D eigenvalue weighted by molar-refractivity contribution is 6.44. The SMILES string of the molecule is O=C(CCc1ncc(-c2ccc(F)cc2)o1)Nc1cc(Cl)c(Cl)cc1Cl. The third-order valence-corrected chi connectivity index (χ3v) is 4.57. The first-order chi connectivity index (χ1) is 12.4. The Labute approximate surface area is 163 Å². The Morgan fingerprint density at radius 1 is 1.08 bits per heavy atom. The number of nitrogens with one attached hydrogen (secondary N) is 1. The number of hydrogen-bond donors (Lipinski definition) is 1. The Hall–Kier alpha value is -2.08. The van der Waals surface area contributed by atoms with Crippen LogP contribution in [0.1, 0.15) is 12.3 Å². The molecule has 0 saturated carbocycles. The van der Waals surface area contributed by atoms with Gasteiger partial charge in [-0.05, 0) is 36.4 Å². The van der Waals surface area contributed by atoms with Gasteiger partial charge in [-0.15, -0.1) is 0 Å². The van der Waals surface area contributed by atoms with Crippen LogP contribution in [0.25, 0.3) is 11.3 Å². The van der Waals surface area contributed by atoms with Crippen LogP contribution in [-0.2, 0) is 11.2 Å². The van der Waals surface area contributed by atoms with Crippen molar-refractivity contribution >= 4 is 46.4 Å². The van der Waals surface area contributed by atoms with Crippen LogP contribution < -0.4 is 5.32 Å². The second kappa shape index (κ2) is 8.08. The van der Waals surface area contributed by atoms with Crippen molar-refractivity contribution in [3.8, 4) is 11.3 Å². The second-order valence-corrected chi connectivity index (χ2v) is 6.64. The van der Waals surface area contributed by atoms with Gasteiger partial charge < -0.3 is 9.73 Å². The molecule has 4 nitrogen and oxygen atoms in total. The maximum Gasteiger partial charge on any atom is 0.224 e. The summed E-state index contributed by atoms with van der Waals surface area (Å²) in [5, 5.41) is 3.56. The fourth-order valence-electron chi connectivity index (χ4n) is 2.22. The van der Waals surface area contributed by atoms with E-state index in [-0.39, 0.29) is 18.1 Å². The molecular weight excluding hydrogens is 402 g/mol. The highest BCUT2D eigenvalue weighted by Gasteiger charge is 2.12. The number of halogens is 4. The number of amides is 1. The van der Waals surface area contributed by atoms with Gasteiger partial charge >= 0.3 is 0 Å². The summed E-state index contributed by atoms with van der Waals surface area (Å²) in [5.41, 5.74) is 1.09. The van der Waals surface area contributed by atoms with E-state index in [1.807, 2.05) is 0 Å². The lowest BCUT2D eigenvalue weighted by atomic mass is 10.2. The average Bonchev–Trinajstić information content (AvgIpc) is 3.07. The van der Waals surface area contributed by atoms with Crippen LogP contribution in [0.5, 0.6) is 0 Å². The first kappa shape index (κ1) is 18.7. The van der Waals surface area contributed by atoms with Crippen molar-refractivity contribution in [1.29, 1.82) is 0 Å². The van der Waals surface area contributed by atoms with E-state index >= 15 is 0 Å². The molecule has 1 N–H and O–H groups in total. The largest absolute Gasteiger partial charge is 0.441 e. The first-order valence-electron chi connectivity index (χ1n) is 7.57. The molecule has 0 aliphatic carbocycles. The van der Waals surface area contributed by atoms with Crippen molar-refractivity contribution in [2.75, 3.05) is 5.32 Å². The van der Waals surface area contributed by atoms with Crippen LogP contribution >= 0.6 is 34.8 Å². The predicted octanol–water partition coefficient (Wildman–Crippen LogP) is 6.01. The summed E-state index contributed by atoms with van der Waals surface area (Å²) in [5.74, 6) is 0.311. The van der Waals surface area contributed by atoms with Gasteiger partial charge in [-0.25, -0.2) is 9.37 Å². The molecule has 0 spiro atoms. The van der Waals surface area contributed by atoms with E-state index in [4.69, 9.17) is 39.2 Å². The summed E-state index contributed by atoms with van der Waals surface area (Å²) in [4.78, 5) is 16.2. The standard InChI is InChI=1S/C18H12Cl3FN2O2/c19-12-7-14(21)15(8-13(12)20)24-17(25)5-6-18-23-9-16(26-18)10-1-3-11(22)4-2-10/h1-4,7-9H,5-6H2,(H,24,25). The Kier molecular flexibility index (Phi) is 5.81. The monoisotopic (exact) mass is 412 g/mol. The zero-order chi connectivity index (χ0) is 18.7. The summed E-state index contributed by atoms with van der Waals surface area (Å²) in [6.45, 7) is 0. The van der Waals surface area contributed by atoms with Crippen molar-refractivity contribution in [2.24, 2.45) is 0 Å². The smallest absolute Gasteiger partial charge is 0.224 e. The number of carbonyl (C=O) groups excluding carboxylic acids is 1. The molecule has 134 valence electrons. The predicted molar refractivity (Wildman–Crippen MR) is 100 cm³/mol. The lowest BCUT2D eigenvalue weighted by molar-refractivity contribution is -0.116. The first-order valence-corrected chi connectivity index (χ1v) is 8.71. The molecule has 0 atom stereocenters. The number of anilines is 1. The number of aryl methyl sites for hydroxylation is 1. The number of oxazole rings is 1. The van der Waals surface area contributed by atoms with Crippen LogP contribution in [0, 0.1) is 5.82 Å². The lowest BCUT2D eigenvalue weighted by Crippen LogP contribution is -2.12. The Morgan fingerprint density at radius 3 is 2.50 bits per heavy atom. The summed E-state index contributed by atoms with van der Waals surface area (Å²) in [6, 6.07) is 8.82. The van der Waals surface area contributed by atoms with Gasteiger partial charge in [-0.3, -0.25) is 4.79 Å². The maximum atomic E-state index is 13.0. The zero-order valence-corrected chi connectivity index (χ0v) is 15.5. The van der Waals surface area contributed by atoms with Crippen molar-refractivity contribution in [3.63, 3.8) is 0 Å². The van der Waals surface area contributed by atoms with Gasteiger partial charge in [0.05, 0.1) is 27.0 Å². The average molecular weight is 414 g/mol. The number of rotatable bonds is 5. The number of nitrogens with zero attached hydrogens (tertiary/aromatic N) is 1. The molecule has 0 radical (unpaired) electrons. The molecule has 3 aromatic rings. The molecule has 1 aromatic heterocycles. The van der Waals surface area contributed by atoms with Crippen molar-refractivity contribution in [1.82, 2.24) is 4.98 Å². The Bertz CT molecular complexity index is 942. The molecule has 1 heterocycles. The van der Waals surface area contributed by atoms with E-state index in [1.165, 1.54) is 30.5 Å². The minimum Gasteiger partial charge on any atom is -0.441 e. The zero-order valence-electron chi connectivity index (χ0n) is 13.2. The highest BCUT2D eigenvalue weighted by atomic mass is 35.5. The molecule has 0 unspecified atom stereocenters. The number of benzene rings is 2. The van der Waals surface area contributed by atoms with Crippen molar-refractivity contribution in [3.05, 3.63) is 69.4 Å². The summed E-state index contributed by atoms with van der Waals surface area (Å²) in [6.07, 6.45) is 1.97. The molecule has 0 aliphatic rings. The highest BCUT2D eigenvalue weighted by Crippen LogP contribution is 2.32. The van der Waals surface area contributed by atoms with Crippen molar-refractivity contribution < 1.29 is 13.6 Å². The van der Waals surface area contributed by atoms with E-state index in [9.17, 15) is 9.18 Å². The topological polar surface area (TPSA) is 55.1 Å². The number of hydrogen-bond acceptors (Lipinski definition) is 3. The van der Waals surface area contributed by atoms with Gasteiger partial charge in [-0.1, -0.05) is 34.8 Å². The van der Waals surface area contributed by atoms with Gasteiger partial charge in [0.2, 0.25) is 5.91 Å². The summed E-state index contributed by atoms with van der Waals surface area (Å²) in [7, 11) is 0. The van der Waals surface area contributed by atoms with Crippen LogP contribution in [0.2, 0.25) is 15.1 Å². The molecule has 3 rings (SSSR count). The van der Waals surface area contributed by atoms with E-state index < -0.39 is 0 Å². The lowest BCUT2D eigenvalue weighted by Gasteiger charge is -2.08. The minimum absolute atomic E-state index is 0.139. The van der Waals surface area contributed by atoms with E-state index in [1.54, 1.807) is 12.1 Å². The second-order valence-electron chi connectivity index (χ2n) is 5.42. The van der Waals surface area contributed by atoms with Crippen LogP contribution in [0.3, 0.4) is 0 Å². The molecule has 0 saturated heterocycles. The van der Waals surface area contributed by atoms with Gasteiger partial charge in [0.1, 0.15) is 5.82 Å². The quantitative estimate of drug-likeness (QED) is 0.521. The van der Waals surface area contributed by atoms with Crippen molar-refractivity contribution in [2.45, 2.75) is 12.8 Å². The molecule has 0 aliphatic heterocycles. The van der Waals surface area contributed by atoms with E-state index in [2.05, 4.69) is 10.3 Å². The maximum absolute atomic E-state index is 13.0.